The average molecular weight is 529 g/mol. The zero-order valence-electron chi connectivity index (χ0n) is 20.1. The van der Waals surface area contributed by atoms with Gasteiger partial charge in [0.25, 0.3) is 0 Å². The van der Waals surface area contributed by atoms with Crippen molar-refractivity contribution in [2.75, 3.05) is 26.1 Å². The van der Waals surface area contributed by atoms with Crippen LogP contribution in [-0.4, -0.2) is 25.9 Å². The van der Waals surface area contributed by atoms with Crippen LogP contribution in [0.25, 0.3) is 0 Å². The fourth-order valence-corrected chi connectivity index (χ4v) is 3.84. The molecule has 2 N–H and O–H groups in total. The Balaban J connectivity index is 2.09. The highest BCUT2D eigenvalue weighted by Gasteiger charge is 2.40. The molecule has 0 spiro atoms. The first-order valence-corrected chi connectivity index (χ1v) is 11.1. The SMILES string of the molecule is CCOc1cccc([C@@H](O)c2cc(C(F)(F)F)ccc2NCc2ccc(OC)cc2OC)c1C(F)(F)F. The van der Waals surface area contributed by atoms with Crippen molar-refractivity contribution in [2.24, 2.45) is 0 Å². The van der Waals surface area contributed by atoms with E-state index in [0.29, 0.717) is 23.1 Å². The van der Waals surface area contributed by atoms with Gasteiger partial charge in [0.1, 0.15) is 28.9 Å². The molecule has 0 fully saturated rings. The zero-order valence-corrected chi connectivity index (χ0v) is 20.1. The number of nitrogens with one attached hydrogen (secondary N) is 1. The zero-order chi connectivity index (χ0) is 27.4. The van der Waals surface area contributed by atoms with Crippen molar-refractivity contribution in [3.63, 3.8) is 0 Å². The Labute approximate surface area is 209 Å². The van der Waals surface area contributed by atoms with E-state index < -0.39 is 40.9 Å². The van der Waals surface area contributed by atoms with Gasteiger partial charge in [0, 0.05) is 35.0 Å². The number of alkyl halides is 6. The van der Waals surface area contributed by atoms with Crippen LogP contribution in [0.2, 0.25) is 0 Å². The largest absolute Gasteiger partial charge is 0.497 e. The molecule has 3 aromatic carbocycles. The van der Waals surface area contributed by atoms with Gasteiger partial charge in [-0.05, 0) is 43.3 Å². The summed E-state index contributed by atoms with van der Waals surface area (Å²) in [7, 11) is 2.90. The lowest BCUT2D eigenvalue weighted by molar-refractivity contribution is -0.140. The van der Waals surface area contributed by atoms with Crippen molar-refractivity contribution in [3.8, 4) is 17.2 Å². The molecule has 5 nitrogen and oxygen atoms in total. The van der Waals surface area contributed by atoms with E-state index in [1.165, 1.54) is 27.2 Å². The highest BCUT2D eigenvalue weighted by molar-refractivity contribution is 5.59. The van der Waals surface area contributed by atoms with E-state index in [-0.39, 0.29) is 24.4 Å². The number of halogens is 6. The van der Waals surface area contributed by atoms with E-state index in [4.69, 9.17) is 14.2 Å². The first-order chi connectivity index (χ1) is 17.4. The molecule has 37 heavy (non-hydrogen) atoms. The number of methoxy groups -OCH3 is 2. The normalized spacial score (nSPS) is 12.7. The van der Waals surface area contributed by atoms with Crippen molar-refractivity contribution in [1.29, 1.82) is 0 Å². The molecule has 0 unspecified atom stereocenters. The highest BCUT2D eigenvalue weighted by Crippen LogP contribution is 2.44. The minimum Gasteiger partial charge on any atom is -0.497 e. The second-order valence-corrected chi connectivity index (χ2v) is 7.88. The van der Waals surface area contributed by atoms with Crippen molar-refractivity contribution in [2.45, 2.75) is 31.9 Å². The van der Waals surface area contributed by atoms with Gasteiger partial charge < -0.3 is 24.6 Å². The van der Waals surface area contributed by atoms with E-state index in [1.54, 1.807) is 18.2 Å². The number of aliphatic hydroxyl groups excluding tert-OH is 1. The third kappa shape index (κ3) is 6.40. The molecule has 0 aliphatic heterocycles. The Morgan fingerprint density at radius 3 is 2.16 bits per heavy atom. The molecule has 3 aromatic rings. The van der Waals surface area contributed by atoms with Gasteiger partial charge in [-0.15, -0.1) is 0 Å². The molecule has 0 aliphatic carbocycles. The van der Waals surface area contributed by atoms with Crippen molar-refractivity contribution >= 4 is 5.69 Å². The van der Waals surface area contributed by atoms with Crippen LogP contribution < -0.4 is 19.5 Å². The number of hydrogen-bond donors (Lipinski definition) is 2. The molecule has 0 aromatic heterocycles. The van der Waals surface area contributed by atoms with Crippen LogP contribution in [0.1, 0.15) is 40.8 Å². The van der Waals surface area contributed by atoms with Gasteiger partial charge in [-0.3, -0.25) is 0 Å². The van der Waals surface area contributed by atoms with Gasteiger partial charge in [0.05, 0.1) is 26.4 Å². The number of ether oxygens (including phenoxy) is 3. The molecule has 0 aliphatic rings. The van der Waals surface area contributed by atoms with Crippen molar-refractivity contribution in [1.82, 2.24) is 0 Å². The summed E-state index contributed by atoms with van der Waals surface area (Å²) in [5.74, 6) is 0.403. The average Bonchev–Trinajstić information content (AvgIpc) is 2.85. The van der Waals surface area contributed by atoms with Gasteiger partial charge in [-0.1, -0.05) is 12.1 Å². The maximum absolute atomic E-state index is 14.0. The summed E-state index contributed by atoms with van der Waals surface area (Å²) >= 11 is 0. The maximum atomic E-state index is 14.0. The summed E-state index contributed by atoms with van der Waals surface area (Å²) in [6.45, 7) is 1.44. The van der Waals surface area contributed by atoms with Crippen LogP contribution in [0.4, 0.5) is 32.0 Å². The number of hydrogen-bond acceptors (Lipinski definition) is 5. The number of aliphatic hydroxyl groups is 1. The lowest BCUT2D eigenvalue weighted by Gasteiger charge is -2.24. The van der Waals surface area contributed by atoms with Crippen LogP contribution in [0.3, 0.4) is 0 Å². The first kappa shape index (κ1) is 28.0. The molecule has 0 radical (unpaired) electrons. The number of rotatable bonds is 9. The molecule has 0 amide bonds. The molecule has 0 heterocycles. The van der Waals surface area contributed by atoms with E-state index >= 15 is 0 Å². The molecule has 1 atom stereocenters. The van der Waals surface area contributed by atoms with Gasteiger partial charge in [0.15, 0.2) is 0 Å². The van der Waals surface area contributed by atoms with Gasteiger partial charge >= 0.3 is 12.4 Å². The Morgan fingerprint density at radius 1 is 0.838 bits per heavy atom. The fraction of sp³-hybridized carbons (Fsp3) is 0.308. The molecule has 11 heteroatoms. The molecular weight excluding hydrogens is 504 g/mol. The van der Waals surface area contributed by atoms with Crippen molar-refractivity contribution < 1.29 is 45.7 Å². The topological polar surface area (TPSA) is 60.0 Å². The Hall–Kier alpha value is -3.60. The Bertz CT molecular complexity index is 1230. The lowest BCUT2D eigenvalue weighted by Crippen LogP contribution is -2.17. The van der Waals surface area contributed by atoms with Crippen LogP contribution in [0, 0.1) is 0 Å². The number of anilines is 1. The quantitative estimate of drug-likeness (QED) is 0.298. The van der Waals surface area contributed by atoms with Gasteiger partial charge in [-0.2, -0.15) is 26.3 Å². The predicted octanol–water partition coefficient (Wildman–Crippen LogP) is 6.83. The first-order valence-electron chi connectivity index (χ1n) is 11.1. The fourth-order valence-electron chi connectivity index (χ4n) is 3.84. The Kier molecular flexibility index (Phi) is 8.47. The minimum absolute atomic E-state index is 0.00769. The van der Waals surface area contributed by atoms with E-state index in [9.17, 15) is 31.4 Å². The summed E-state index contributed by atoms with van der Waals surface area (Å²) < 4.78 is 98.0. The third-order valence-corrected chi connectivity index (χ3v) is 5.57. The molecule has 3 rings (SSSR count). The summed E-state index contributed by atoms with van der Waals surface area (Å²) in [5, 5.41) is 14.0. The lowest BCUT2D eigenvalue weighted by atomic mass is 9.93. The summed E-state index contributed by atoms with van der Waals surface area (Å²) in [5.41, 5.74) is -2.80. The predicted molar refractivity (Wildman–Crippen MR) is 125 cm³/mol. The molecular formula is C26H25F6NO4. The second-order valence-electron chi connectivity index (χ2n) is 7.88. The summed E-state index contributed by atoms with van der Waals surface area (Å²) in [4.78, 5) is 0. The molecule has 200 valence electrons. The van der Waals surface area contributed by atoms with Crippen LogP contribution in [-0.2, 0) is 18.9 Å². The standard InChI is InChI=1S/C26H25F6NO4/c1-4-37-21-7-5-6-18(23(21)26(30,31)32)24(34)19-12-16(25(27,28)29)9-11-20(19)33-14-15-8-10-17(35-2)13-22(15)36-3/h5-13,24,33-34H,4,14H2,1-3H3/t24-/m1/s1. The molecule has 0 saturated heterocycles. The number of benzene rings is 3. The summed E-state index contributed by atoms with van der Waals surface area (Å²) in [6, 6.07) is 10.7. The van der Waals surface area contributed by atoms with E-state index in [2.05, 4.69) is 5.32 Å². The monoisotopic (exact) mass is 529 g/mol. The third-order valence-electron chi connectivity index (χ3n) is 5.57. The molecule has 0 bridgehead atoms. The minimum atomic E-state index is -4.94. The summed E-state index contributed by atoms with van der Waals surface area (Å²) in [6.07, 6.45) is -11.8. The van der Waals surface area contributed by atoms with Crippen molar-refractivity contribution in [3.05, 3.63) is 82.4 Å². The van der Waals surface area contributed by atoms with E-state index in [0.717, 1.165) is 24.3 Å². The van der Waals surface area contributed by atoms with Crippen LogP contribution in [0.5, 0.6) is 17.2 Å². The second kappa shape index (κ2) is 11.2. The van der Waals surface area contributed by atoms with Gasteiger partial charge in [0.2, 0.25) is 0 Å². The highest BCUT2D eigenvalue weighted by atomic mass is 19.4. The molecule has 0 saturated carbocycles. The smallest absolute Gasteiger partial charge is 0.420 e. The van der Waals surface area contributed by atoms with Crippen LogP contribution in [0.15, 0.2) is 54.6 Å². The van der Waals surface area contributed by atoms with Crippen LogP contribution >= 0.6 is 0 Å². The Morgan fingerprint density at radius 2 is 1.57 bits per heavy atom. The maximum Gasteiger partial charge on any atom is 0.420 e. The van der Waals surface area contributed by atoms with Gasteiger partial charge in [-0.25, -0.2) is 0 Å². The van der Waals surface area contributed by atoms with E-state index in [1.807, 2.05) is 0 Å².